The van der Waals surface area contributed by atoms with Crippen molar-refractivity contribution in [2.24, 2.45) is 5.73 Å². The molecule has 2 aromatic carbocycles. The number of nitrogens with one attached hydrogen (secondary N) is 1. The van der Waals surface area contributed by atoms with Gasteiger partial charge in [0.25, 0.3) is 0 Å². The zero-order chi connectivity index (χ0) is 15.6. The summed E-state index contributed by atoms with van der Waals surface area (Å²) in [6.07, 6.45) is -4.36. The first-order chi connectivity index (χ1) is 9.77. The van der Waals surface area contributed by atoms with Crippen LogP contribution in [0.25, 0.3) is 0 Å². The Morgan fingerprint density at radius 3 is 2.10 bits per heavy atom. The van der Waals surface area contributed by atoms with Crippen molar-refractivity contribution in [1.29, 1.82) is 5.41 Å². The standard InChI is InChI=1S/C15H13F3N2O/c1-9-8-12(6-7-13(9)14(19)20)21-11-4-2-10(3-5-11)15(16,17)18/h2-8H,1H3,(H3,19,20). The van der Waals surface area contributed by atoms with Crippen LogP contribution in [-0.4, -0.2) is 5.84 Å². The number of nitrogens with two attached hydrogens (primary N) is 1. The van der Waals surface area contributed by atoms with E-state index in [0.717, 1.165) is 17.7 Å². The Balaban J connectivity index is 2.19. The van der Waals surface area contributed by atoms with Gasteiger partial charge < -0.3 is 10.5 Å². The van der Waals surface area contributed by atoms with Gasteiger partial charge in [0, 0.05) is 5.56 Å². The van der Waals surface area contributed by atoms with E-state index in [-0.39, 0.29) is 5.84 Å². The third-order valence-electron chi connectivity index (χ3n) is 2.91. The molecule has 110 valence electrons. The van der Waals surface area contributed by atoms with Gasteiger partial charge in [0.2, 0.25) is 0 Å². The average Bonchev–Trinajstić information content (AvgIpc) is 2.38. The fraction of sp³-hybridized carbons (Fsp3) is 0.133. The Kier molecular flexibility index (Phi) is 3.88. The highest BCUT2D eigenvalue weighted by Crippen LogP contribution is 2.31. The Bertz CT molecular complexity index is 664. The van der Waals surface area contributed by atoms with Crippen molar-refractivity contribution in [2.45, 2.75) is 13.1 Å². The first-order valence-corrected chi connectivity index (χ1v) is 6.07. The summed E-state index contributed by atoms with van der Waals surface area (Å²) in [5.41, 5.74) is 6.04. The molecule has 21 heavy (non-hydrogen) atoms. The highest BCUT2D eigenvalue weighted by atomic mass is 19.4. The van der Waals surface area contributed by atoms with Gasteiger partial charge >= 0.3 is 6.18 Å². The Morgan fingerprint density at radius 2 is 1.62 bits per heavy atom. The number of benzene rings is 2. The Hall–Kier alpha value is -2.50. The van der Waals surface area contributed by atoms with Crippen LogP contribution in [0, 0.1) is 12.3 Å². The van der Waals surface area contributed by atoms with E-state index in [9.17, 15) is 13.2 Å². The lowest BCUT2D eigenvalue weighted by atomic mass is 10.1. The molecule has 0 bridgehead atoms. The highest BCUT2D eigenvalue weighted by molar-refractivity contribution is 5.96. The van der Waals surface area contributed by atoms with Crippen LogP contribution in [0.3, 0.4) is 0 Å². The number of alkyl halides is 3. The summed E-state index contributed by atoms with van der Waals surface area (Å²) in [5.74, 6) is 0.726. The molecule has 0 saturated carbocycles. The van der Waals surface area contributed by atoms with E-state index in [1.165, 1.54) is 12.1 Å². The van der Waals surface area contributed by atoms with Gasteiger partial charge in [-0.1, -0.05) is 0 Å². The van der Waals surface area contributed by atoms with Crippen LogP contribution in [0.15, 0.2) is 42.5 Å². The van der Waals surface area contributed by atoms with Gasteiger partial charge in [-0.15, -0.1) is 0 Å². The van der Waals surface area contributed by atoms with E-state index in [1.54, 1.807) is 25.1 Å². The summed E-state index contributed by atoms with van der Waals surface area (Å²) in [5, 5.41) is 7.38. The van der Waals surface area contributed by atoms with E-state index in [1.807, 2.05) is 0 Å². The molecule has 0 amide bonds. The molecular weight excluding hydrogens is 281 g/mol. The van der Waals surface area contributed by atoms with Crippen molar-refractivity contribution in [2.75, 3.05) is 0 Å². The SMILES string of the molecule is Cc1cc(Oc2ccc(C(F)(F)F)cc2)ccc1C(=N)N. The fourth-order valence-corrected chi connectivity index (χ4v) is 1.85. The summed E-state index contributed by atoms with van der Waals surface area (Å²) in [6, 6.07) is 9.37. The maximum absolute atomic E-state index is 12.4. The van der Waals surface area contributed by atoms with Gasteiger partial charge in [0.05, 0.1) is 5.56 Å². The van der Waals surface area contributed by atoms with Gasteiger partial charge in [-0.05, 0) is 55.0 Å². The minimum Gasteiger partial charge on any atom is -0.457 e. The quantitative estimate of drug-likeness (QED) is 0.661. The monoisotopic (exact) mass is 294 g/mol. The molecule has 0 fully saturated rings. The van der Waals surface area contributed by atoms with Gasteiger partial charge in [-0.25, -0.2) is 0 Å². The molecule has 0 aliphatic rings. The second kappa shape index (κ2) is 5.47. The normalized spacial score (nSPS) is 11.2. The molecule has 0 spiro atoms. The summed E-state index contributed by atoms with van der Waals surface area (Å²) < 4.78 is 42.8. The third-order valence-corrected chi connectivity index (χ3v) is 2.91. The number of aryl methyl sites for hydroxylation is 1. The van der Waals surface area contributed by atoms with E-state index in [2.05, 4.69) is 0 Å². The van der Waals surface area contributed by atoms with Crippen molar-refractivity contribution in [3.8, 4) is 11.5 Å². The molecule has 0 heterocycles. The lowest BCUT2D eigenvalue weighted by Crippen LogP contribution is -2.12. The minimum absolute atomic E-state index is 0.0476. The van der Waals surface area contributed by atoms with Gasteiger partial charge in [-0.3, -0.25) is 5.41 Å². The first kappa shape index (κ1) is 14.9. The van der Waals surface area contributed by atoms with E-state index >= 15 is 0 Å². The number of rotatable bonds is 3. The average molecular weight is 294 g/mol. The van der Waals surface area contributed by atoms with Crippen LogP contribution in [0.2, 0.25) is 0 Å². The maximum atomic E-state index is 12.4. The largest absolute Gasteiger partial charge is 0.457 e. The van der Waals surface area contributed by atoms with Crippen LogP contribution in [-0.2, 0) is 6.18 Å². The molecule has 0 saturated heterocycles. The fourth-order valence-electron chi connectivity index (χ4n) is 1.85. The molecule has 0 radical (unpaired) electrons. The van der Waals surface area contributed by atoms with Gasteiger partial charge in [0.1, 0.15) is 17.3 Å². The second-order valence-corrected chi connectivity index (χ2v) is 4.51. The van der Waals surface area contributed by atoms with Crippen molar-refractivity contribution in [3.63, 3.8) is 0 Å². The molecule has 0 atom stereocenters. The number of halogens is 3. The van der Waals surface area contributed by atoms with Gasteiger partial charge in [0.15, 0.2) is 0 Å². The number of nitrogen functional groups attached to an aromatic ring is 1. The predicted molar refractivity (Wildman–Crippen MR) is 73.7 cm³/mol. The van der Waals surface area contributed by atoms with E-state index in [4.69, 9.17) is 15.9 Å². The van der Waals surface area contributed by atoms with Crippen molar-refractivity contribution in [1.82, 2.24) is 0 Å². The molecule has 0 aromatic heterocycles. The maximum Gasteiger partial charge on any atom is 0.416 e. The Labute approximate surface area is 119 Å². The third kappa shape index (κ3) is 3.53. The van der Waals surface area contributed by atoms with E-state index < -0.39 is 11.7 Å². The molecule has 2 rings (SSSR count). The van der Waals surface area contributed by atoms with Crippen molar-refractivity contribution in [3.05, 3.63) is 59.2 Å². The zero-order valence-electron chi connectivity index (χ0n) is 11.2. The molecular formula is C15H13F3N2O. The number of amidine groups is 1. The first-order valence-electron chi connectivity index (χ1n) is 6.07. The lowest BCUT2D eigenvalue weighted by molar-refractivity contribution is -0.137. The number of hydrogen-bond donors (Lipinski definition) is 2. The van der Waals surface area contributed by atoms with Gasteiger partial charge in [-0.2, -0.15) is 13.2 Å². The smallest absolute Gasteiger partial charge is 0.416 e. The zero-order valence-corrected chi connectivity index (χ0v) is 11.2. The van der Waals surface area contributed by atoms with Crippen molar-refractivity contribution >= 4 is 5.84 Å². The second-order valence-electron chi connectivity index (χ2n) is 4.51. The summed E-state index contributed by atoms with van der Waals surface area (Å²) in [6.45, 7) is 1.77. The molecule has 6 heteroatoms. The molecule has 2 aromatic rings. The summed E-state index contributed by atoms with van der Waals surface area (Å²) in [7, 11) is 0. The topological polar surface area (TPSA) is 59.1 Å². The highest BCUT2D eigenvalue weighted by Gasteiger charge is 2.30. The summed E-state index contributed by atoms with van der Waals surface area (Å²) in [4.78, 5) is 0. The molecule has 0 aliphatic carbocycles. The predicted octanol–water partition coefficient (Wildman–Crippen LogP) is 4.09. The minimum atomic E-state index is -4.36. The molecule has 3 nitrogen and oxygen atoms in total. The van der Waals surface area contributed by atoms with Crippen LogP contribution in [0.1, 0.15) is 16.7 Å². The number of ether oxygens (including phenoxy) is 1. The van der Waals surface area contributed by atoms with E-state index in [0.29, 0.717) is 17.1 Å². The van der Waals surface area contributed by atoms with Crippen molar-refractivity contribution < 1.29 is 17.9 Å². The molecule has 3 N–H and O–H groups in total. The molecule has 0 aliphatic heterocycles. The lowest BCUT2D eigenvalue weighted by Gasteiger charge is -2.10. The summed E-state index contributed by atoms with van der Waals surface area (Å²) >= 11 is 0. The number of hydrogen-bond acceptors (Lipinski definition) is 2. The van der Waals surface area contributed by atoms with Crippen LogP contribution in [0.4, 0.5) is 13.2 Å². The molecule has 0 unspecified atom stereocenters. The van der Waals surface area contributed by atoms with Crippen LogP contribution in [0.5, 0.6) is 11.5 Å². The van der Waals surface area contributed by atoms with Crippen LogP contribution < -0.4 is 10.5 Å². The van der Waals surface area contributed by atoms with Crippen LogP contribution >= 0.6 is 0 Å². The Morgan fingerprint density at radius 1 is 1.05 bits per heavy atom.